The van der Waals surface area contributed by atoms with Gasteiger partial charge < -0.3 is 15.0 Å². The highest BCUT2D eigenvalue weighted by Crippen LogP contribution is 2.29. The van der Waals surface area contributed by atoms with E-state index in [2.05, 4.69) is 40.5 Å². The Labute approximate surface area is 150 Å². The summed E-state index contributed by atoms with van der Waals surface area (Å²) in [6.45, 7) is 3.96. The first kappa shape index (κ1) is 16.9. The van der Waals surface area contributed by atoms with Crippen molar-refractivity contribution in [3.63, 3.8) is 0 Å². The number of hydrogen-bond donors (Lipinski definition) is 1. The molecule has 0 spiro atoms. The number of piperazine rings is 1. The predicted octanol–water partition coefficient (Wildman–Crippen LogP) is 2.79. The van der Waals surface area contributed by atoms with Gasteiger partial charge in [0, 0.05) is 25.7 Å². The molecule has 3 fully saturated rings. The molecule has 0 radical (unpaired) electrons. The number of carbonyl (C=O) groups excluding carboxylic acids is 1. The summed E-state index contributed by atoms with van der Waals surface area (Å²) >= 11 is 0. The van der Waals surface area contributed by atoms with Gasteiger partial charge in [0.1, 0.15) is 0 Å². The summed E-state index contributed by atoms with van der Waals surface area (Å²) in [6, 6.07) is 11.7. The van der Waals surface area contributed by atoms with Gasteiger partial charge in [-0.2, -0.15) is 0 Å². The van der Waals surface area contributed by atoms with Crippen molar-refractivity contribution < 1.29 is 9.53 Å². The Morgan fingerprint density at radius 1 is 1.04 bits per heavy atom. The van der Waals surface area contributed by atoms with Gasteiger partial charge in [0.2, 0.25) is 0 Å². The van der Waals surface area contributed by atoms with Crippen LogP contribution in [-0.4, -0.2) is 60.8 Å². The number of nitrogens with zero attached hydrogens (tertiary/aromatic N) is 2. The number of nitrogens with one attached hydrogen (secondary N) is 1. The van der Waals surface area contributed by atoms with E-state index < -0.39 is 0 Å². The van der Waals surface area contributed by atoms with Crippen molar-refractivity contribution in [2.24, 2.45) is 0 Å². The monoisotopic (exact) mass is 343 g/mol. The summed E-state index contributed by atoms with van der Waals surface area (Å²) in [7, 11) is 0. The molecule has 2 heterocycles. The highest BCUT2D eigenvalue weighted by molar-refractivity contribution is 5.74. The Hall–Kier alpha value is -1.59. The molecule has 2 aliphatic heterocycles. The molecule has 2 atom stereocenters. The van der Waals surface area contributed by atoms with Crippen LogP contribution in [0.1, 0.15) is 43.7 Å². The van der Waals surface area contributed by atoms with Gasteiger partial charge in [-0.15, -0.1) is 0 Å². The quantitative estimate of drug-likeness (QED) is 0.898. The van der Waals surface area contributed by atoms with E-state index in [1.807, 2.05) is 4.90 Å². The molecule has 2 amide bonds. The maximum absolute atomic E-state index is 12.6. The molecule has 0 unspecified atom stereocenters. The first-order valence-electron chi connectivity index (χ1n) is 9.75. The number of fused-ring (bicyclic) bond motifs is 1. The number of benzene rings is 1. The van der Waals surface area contributed by atoms with E-state index in [9.17, 15) is 4.79 Å². The minimum Gasteiger partial charge on any atom is -0.378 e. The molecule has 3 aliphatic rings. The zero-order valence-corrected chi connectivity index (χ0v) is 14.9. The maximum atomic E-state index is 12.6. The fourth-order valence-corrected chi connectivity index (χ4v) is 4.50. The third-order valence-corrected chi connectivity index (χ3v) is 5.92. The normalized spacial score (nSPS) is 28.4. The van der Waals surface area contributed by atoms with Gasteiger partial charge in [-0.3, -0.25) is 4.90 Å². The Kier molecular flexibility index (Phi) is 5.22. The zero-order chi connectivity index (χ0) is 17.1. The Bertz CT molecular complexity index is 574. The van der Waals surface area contributed by atoms with E-state index >= 15 is 0 Å². The molecule has 2 saturated heterocycles. The fourth-order valence-electron chi connectivity index (χ4n) is 4.50. The van der Waals surface area contributed by atoms with Crippen LogP contribution in [0.25, 0.3) is 0 Å². The fraction of sp³-hybridized carbons (Fsp3) is 0.650. The van der Waals surface area contributed by atoms with Crippen molar-refractivity contribution in [2.75, 3.05) is 32.8 Å². The smallest absolute Gasteiger partial charge is 0.317 e. The number of amides is 2. The van der Waals surface area contributed by atoms with Crippen LogP contribution in [0.15, 0.2) is 30.3 Å². The largest absolute Gasteiger partial charge is 0.378 e. The third kappa shape index (κ3) is 3.82. The van der Waals surface area contributed by atoms with Gasteiger partial charge in [-0.1, -0.05) is 49.6 Å². The van der Waals surface area contributed by atoms with Crippen molar-refractivity contribution in [3.05, 3.63) is 35.9 Å². The van der Waals surface area contributed by atoms with E-state index in [4.69, 9.17) is 4.74 Å². The summed E-state index contributed by atoms with van der Waals surface area (Å²) in [5.41, 5.74) is 1.31. The Morgan fingerprint density at radius 3 is 2.64 bits per heavy atom. The summed E-state index contributed by atoms with van der Waals surface area (Å²) < 4.78 is 5.88. The summed E-state index contributed by atoms with van der Waals surface area (Å²) in [4.78, 5) is 17.2. The lowest BCUT2D eigenvalue weighted by Gasteiger charge is -2.48. The molecule has 136 valence electrons. The van der Waals surface area contributed by atoms with E-state index in [0.29, 0.717) is 18.1 Å². The number of carbonyl (C=O) groups is 1. The molecule has 1 saturated carbocycles. The number of morpholine rings is 1. The average Bonchev–Trinajstić information content (AvgIpc) is 2.68. The van der Waals surface area contributed by atoms with Crippen molar-refractivity contribution in [3.8, 4) is 0 Å². The minimum absolute atomic E-state index is 0.119. The van der Waals surface area contributed by atoms with Crippen molar-refractivity contribution >= 4 is 6.03 Å². The van der Waals surface area contributed by atoms with Gasteiger partial charge >= 0.3 is 6.03 Å². The predicted molar refractivity (Wildman–Crippen MR) is 97.5 cm³/mol. The number of rotatable bonds is 2. The van der Waals surface area contributed by atoms with Gasteiger partial charge in [-0.05, 0) is 18.4 Å². The summed E-state index contributed by atoms with van der Waals surface area (Å²) in [5.74, 6) is 0. The topological polar surface area (TPSA) is 44.8 Å². The molecule has 1 aromatic rings. The molecule has 5 heteroatoms. The van der Waals surface area contributed by atoms with Crippen LogP contribution >= 0.6 is 0 Å². The van der Waals surface area contributed by atoms with Crippen LogP contribution in [0, 0.1) is 0 Å². The standard InChI is InChI=1S/C20H29N3O2/c24-20(21-17-9-5-2-6-10-17)22-11-12-23-18(13-22)14-25-15-19(23)16-7-3-1-4-8-16/h1,3-4,7-8,17-19H,2,5-6,9-15H2,(H,21,24)/t18-,19-/m1/s1. The SMILES string of the molecule is O=C(NC1CCCCC1)N1CCN2[C@@H](COC[C@@H]2c2ccccc2)C1. The molecule has 1 aliphatic carbocycles. The summed E-state index contributed by atoms with van der Waals surface area (Å²) in [5, 5.41) is 3.25. The van der Waals surface area contributed by atoms with Gasteiger partial charge in [0.05, 0.1) is 25.3 Å². The lowest BCUT2D eigenvalue weighted by Crippen LogP contribution is -2.61. The van der Waals surface area contributed by atoms with E-state index in [1.54, 1.807) is 0 Å². The second kappa shape index (κ2) is 7.75. The van der Waals surface area contributed by atoms with Crippen molar-refractivity contribution in [2.45, 2.75) is 50.2 Å². The molecule has 1 N–H and O–H groups in total. The Morgan fingerprint density at radius 2 is 1.84 bits per heavy atom. The van der Waals surface area contributed by atoms with E-state index in [0.717, 1.165) is 45.7 Å². The van der Waals surface area contributed by atoms with Crippen LogP contribution in [0.3, 0.4) is 0 Å². The van der Waals surface area contributed by atoms with Crippen molar-refractivity contribution in [1.82, 2.24) is 15.1 Å². The molecule has 0 bridgehead atoms. The van der Waals surface area contributed by atoms with Gasteiger partial charge in [-0.25, -0.2) is 4.79 Å². The third-order valence-electron chi connectivity index (χ3n) is 5.92. The molecule has 4 rings (SSSR count). The second-order valence-electron chi connectivity index (χ2n) is 7.59. The van der Waals surface area contributed by atoms with Crippen LogP contribution in [-0.2, 0) is 4.74 Å². The number of hydrogen-bond acceptors (Lipinski definition) is 3. The minimum atomic E-state index is 0.119. The molecule has 25 heavy (non-hydrogen) atoms. The molecule has 0 aromatic heterocycles. The lowest BCUT2D eigenvalue weighted by atomic mass is 9.95. The molecular weight excluding hydrogens is 314 g/mol. The van der Waals surface area contributed by atoms with Gasteiger partial charge in [0.25, 0.3) is 0 Å². The van der Waals surface area contributed by atoms with Crippen LogP contribution in [0.2, 0.25) is 0 Å². The van der Waals surface area contributed by atoms with Gasteiger partial charge in [0.15, 0.2) is 0 Å². The highest BCUT2D eigenvalue weighted by Gasteiger charge is 2.37. The average molecular weight is 343 g/mol. The number of ether oxygens (including phenoxy) is 1. The first-order chi connectivity index (χ1) is 12.3. The maximum Gasteiger partial charge on any atom is 0.317 e. The Balaban J connectivity index is 1.37. The first-order valence-corrected chi connectivity index (χ1v) is 9.75. The van der Waals surface area contributed by atoms with Crippen molar-refractivity contribution in [1.29, 1.82) is 0 Å². The van der Waals surface area contributed by atoms with E-state index in [-0.39, 0.29) is 6.03 Å². The van der Waals surface area contributed by atoms with Crippen LogP contribution in [0.4, 0.5) is 4.79 Å². The zero-order valence-electron chi connectivity index (χ0n) is 14.9. The molecule has 5 nitrogen and oxygen atoms in total. The molecular formula is C20H29N3O2. The van der Waals surface area contributed by atoms with Crippen LogP contribution in [0.5, 0.6) is 0 Å². The highest BCUT2D eigenvalue weighted by atomic mass is 16.5. The van der Waals surface area contributed by atoms with E-state index in [1.165, 1.54) is 24.8 Å². The number of urea groups is 1. The second-order valence-corrected chi connectivity index (χ2v) is 7.59. The summed E-state index contributed by atoms with van der Waals surface area (Å²) in [6.07, 6.45) is 6.07. The van der Waals surface area contributed by atoms with Crippen LogP contribution < -0.4 is 5.32 Å². The molecule has 1 aromatic carbocycles. The lowest BCUT2D eigenvalue weighted by molar-refractivity contribution is -0.0756.